The van der Waals surface area contributed by atoms with Crippen molar-refractivity contribution in [2.45, 2.75) is 13.5 Å². The summed E-state index contributed by atoms with van der Waals surface area (Å²) in [6, 6.07) is 12.2. The zero-order chi connectivity index (χ0) is 13.2. The van der Waals surface area contributed by atoms with Crippen LogP contribution in [0.3, 0.4) is 0 Å². The van der Waals surface area contributed by atoms with Gasteiger partial charge in [-0.2, -0.15) is 4.98 Å². The highest BCUT2D eigenvalue weighted by Crippen LogP contribution is 2.13. The van der Waals surface area contributed by atoms with Crippen LogP contribution in [0.1, 0.15) is 11.1 Å². The number of aromatic nitrogens is 3. The van der Waals surface area contributed by atoms with Gasteiger partial charge >= 0.3 is 0 Å². The molecule has 0 spiro atoms. The number of benzene rings is 1. The van der Waals surface area contributed by atoms with Gasteiger partial charge in [-0.3, -0.25) is 0 Å². The molecule has 3 rings (SSSR count). The second-order valence-electron chi connectivity index (χ2n) is 4.37. The number of fused-ring (bicyclic) bond motifs is 1. The number of nitrogens with zero attached hydrogens (tertiary/aromatic N) is 3. The fourth-order valence-corrected chi connectivity index (χ4v) is 2.16. The van der Waals surface area contributed by atoms with Crippen LogP contribution >= 0.6 is 15.9 Å². The normalized spacial score (nSPS) is 10.8. The molecule has 0 unspecified atom stereocenters. The molecule has 0 saturated heterocycles. The smallest absolute Gasteiger partial charge is 0.243 e. The molecule has 0 radical (unpaired) electrons. The van der Waals surface area contributed by atoms with Crippen molar-refractivity contribution in [1.29, 1.82) is 0 Å². The highest BCUT2D eigenvalue weighted by atomic mass is 79.9. The molecule has 1 aromatic carbocycles. The molecule has 96 valence electrons. The van der Waals surface area contributed by atoms with Gasteiger partial charge in [0, 0.05) is 17.2 Å². The minimum Gasteiger partial charge on any atom is -0.349 e. The monoisotopic (exact) mass is 316 g/mol. The van der Waals surface area contributed by atoms with Crippen molar-refractivity contribution in [3.63, 3.8) is 0 Å². The van der Waals surface area contributed by atoms with Gasteiger partial charge in [0.2, 0.25) is 5.95 Å². The van der Waals surface area contributed by atoms with E-state index in [2.05, 4.69) is 43.5 Å². The Morgan fingerprint density at radius 1 is 1.21 bits per heavy atom. The number of hydrogen-bond acceptors (Lipinski definition) is 3. The van der Waals surface area contributed by atoms with Gasteiger partial charge in [0.05, 0.1) is 0 Å². The fraction of sp³-hybridized carbons (Fsp3) is 0.143. The lowest BCUT2D eigenvalue weighted by molar-refractivity contribution is 0.946. The molecule has 2 heterocycles. The average molecular weight is 317 g/mol. The van der Waals surface area contributed by atoms with Gasteiger partial charge < -0.3 is 5.32 Å². The number of nitrogens with one attached hydrogen (secondary N) is 1. The Morgan fingerprint density at radius 2 is 2.00 bits per heavy atom. The molecule has 1 N–H and O–H groups in total. The van der Waals surface area contributed by atoms with Crippen molar-refractivity contribution < 1.29 is 0 Å². The molecule has 0 amide bonds. The highest BCUT2D eigenvalue weighted by Gasteiger charge is 2.04. The van der Waals surface area contributed by atoms with Gasteiger partial charge in [-0.15, -0.1) is 5.10 Å². The third kappa shape index (κ3) is 2.61. The van der Waals surface area contributed by atoms with Crippen molar-refractivity contribution in [3.05, 3.63) is 58.2 Å². The Hall–Kier alpha value is -1.88. The lowest BCUT2D eigenvalue weighted by Crippen LogP contribution is -2.00. The molecule has 4 nitrogen and oxygen atoms in total. The van der Waals surface area contributed by atoms with E-state index in [1.807, 2.05) is 37.4 Å². The Bertz CT molecular complexity index is 703. The molecule has 0 atom stereocenters. The van der Waals surface area contributed by atoms with E-state index in [0.717, 1.165) is 15.7 Å². The first-order valence-corrected chi connectivity index (χ1v) is 6.82. The number of anilines is 1. The summed E-state index contributed by atoms with van der Waals surface area (Å²) >= 11 is 3.42. The van der Waals surface area contributed by atoms with E-state index < -0.39 is 0 Å². The minimum absolute atomic E-state index is 0.650. The summed E-state index contributed by atoms with van der Waals surface area (Å²) in [6.07, 6.45) is 1.90. The predicted octanol–water partition coefficient (Wildman–Crippen LogP) is 3.41. The third-order valence-electron chi connectivity index (χ3n) is 2.92. The van der Waals surface area contributed by atoms with Gasteiger partial charge in [-0.05, 0) is 36.2 Å². The average Bonchev–Trinajstić information content (AvgIpc) is 2.83. The molecule has 0 aliphatic rings. The van der Waals surface area contributed by atoms with E-state index in [0.29, 0.717) is 12.5 Å². The van der Waals surface area contributed by atoms with E-state index in [9.17, 15) is 0 Å². The first-order chi connectivity index (χ1) is 9.22. The molecule has 0 bridgehead atoms. The Morgan fingerprint density at radius 3 is 2.74 bits per heavy atom. The molecule has 0 saturated carbocycles. The molecule has 0 aliphatic carbocycles. The van der Waals surface area contributed by atoms with Crippen LogP contribution < -0.4 is 5.32 Å². The van der Waals surface area contributed by atoms with Gasteiger partial charge in [-0.25, -0.2) is 4.52 Å². The lowest BCUT2D eigenvalue weighted by atomic mass is 10.2. The van der Waals surface area contributed by atoms with E-state index in [-0.39, 0.29) is 0 Å². The molecule has 0 fully saturated rings. The quantitative estimate of drug-likeness (QED) is 0.805. The van der Waals surface area contributed by atoms with Crippen LogP contribution in [0.2, 0.25) is 0 Å². The summed E-state index contributed by atoms with van der Waals surface area (Å²) in [6.45, 7) is 2.74. The summed E-state index contributed by atoms with van der Waals surface area (Å²) in [4.78, 5) is 4.48. The van der Waals surface area contributed by atoms with Gasteiger partial charge in [0.25, 0.3) is 0 Å². The molecule has 5 heteroatoms. The first kappa shape index (κ1) is 12.2. The van der Waals surface area contributed by atoms with Crippen LogP contribution in [-0.2, 0) is 6.54 Å². The van der Waals surface area contributed by atoms with Gasteiger partial charge in [0.1, 0.15) is 0 Å². The zero-order valence-electron chi connectivity index (χ0n) is 10.5. The number of pyridine rings is 1. The SMILES string of the molecule is Cc1cccn2nc(NCc3ccc(Br)cc3)nc12. The van der Waals surface area contributed by atoms with Crippen molar-refractivity contribution in [2.24, 2.45) is 0 Å². The van der Waals surface area contributed by atoms with E-state index in [1.165, 1.54) is 5.56 Å². The largest absolute Gasteiger partial charge is 0.349 e. The molecule has 19 heavy (non-hydrogen) atoms. The predicted molar refractivity (Wildman–Crippen MR) is 79.2 cm³/mol. The van der Waals surface area contributed by atoms with Crippen molar-refractivity contribution in [3.8, 4) is 0 Å². The fourth-order valence-electron chi connectivity index (χ4n) is 1.90. The van der Waals surface area contributed by atoms with E-state index in [1.54, 1.807) is 4.52 Å². The van der Waals surface area contributed by atoms with E-state index in [4.69, 9.17) is 0 Å². The Labute approximate surface area is 119 Å². The molecule has 2 aromatic heterocycles. The molecular weight excluding hydrogens is 304 g/mol. The van der Waals surface area contributed by atoms with Gasteiger partial charge in [0.15, 0.2) is 5.65 Å². The number of aryl methyl sites for hydroxylation is 1. The standard InChI is InChI=1S/C14H13BrN4/c1-10-3-2-8-19-13(10)17-14(18-19)16-9-11-4-6-12(15)7-5-11/h2-8H,9H2,1H3,(H,16,18). The van der Waals surface area contributed by atoms with Gasteiger partial charge in [-0.1, -0.05) is 34.1 Å². The maximum Gasteiger partial charge on any atom is 0.243 e. The number of halogens is 1. The maximum absolute atomic E-state index is 4.48. The number of hydrogen-bond donors (Lipinski definition) is 1. The number of rotatable bonds is 3. The summed E-state index contributed by atoms with van der Waals surface area (Å²) in [5, 5.41) is 7.63. The topological polar surface area (TPSA) is 42.2 Å². The maximum atomic E-state index is 4.48. The lowest BCUT2D eigenvalue weighted by Gasteiger charge is -2.01. The Balaban J connectivity index is 1.78. The van der Waals surface area contributed by atoms with Crippen molar-refractivity contribution in [2.75, 3.05) is 5.32 Å². The Kier molecular flexibility index (Phi) is 3.21. The summed E-state index contributed by atoms with van der Waals surface area (Å²) in [5.74, 6) is 0.650. The van der Waals surface area contributed by atoms with Crippen LogP contribution in [0.5, 0.6) is 0 Å². The van der Waals surface area contributed by atoms with Crippen LogP contribution in [-0.4, -0.2) is 14.6 Å². The first-order valence-electron chi connectivity index (χ1n) is 6.03. The summed E-state index contributed by atoms with van der Waals surface area (Å²) in [7, 11) is 0. The van der Waals surface area contributed by atoms with Crippen molar-refractivity contribution >= 4 is 27.5 Å². The molecular formula is C14H13BrN4. The second-order valence-corrected chi connectivity index (χ2v) is 5.29. The minimum atomic E-state index is 0.650. The summed E-state index contributed by atoms with van der Waals surface area (Å²) < 4.78 is 2.87. The summed E-state index contributed by atoms with van der Waals surface area (Å²) in [5.41, 5.74) is 3.20. The second kappa shape index (κ2) is 5.01. The molecule has 3 aromatic rings. The highest BCUT2D eigenvalue weighted by molar-refractivity contribution is 9.10. The van der Waals surface area contributed by atoms with Crippen LogP contribution in [0.25, 0.3) is 5.65 Å². The molecule has 0 aliphatic heterocycles. The van der Waals surface area contributed by atoms with Crippen LogP contribution in [0, 0.1) is 6.92 Å². The third-order valence-corrected chi connectivity index (χ3v) is 3.45. The van der Waals surface area contributed by atoms with E-state index >= 15 is 0 Å². The van der Waals surface area contributed by atoms with Crippen LogP contribution in [0.4, 0.5) is 5.95 Å². The van der Waals surface area contributed by atoms with Crippen LogP contribution in [0.15, 0.2) is 47.1 Å². The van der Waals surface area contributed by atoms with Crippen molar-refractivity contribution in [1.82, 2.24) is 14.6 Å². The zero-order valence-corrected chi connectivity index (χ0v) is 12.1.